The summed E-state index contributed by atoms with van der Waals surface area (Å²) in [6.45, 7) is 4.49. The van der Waals surface area contributed by atoms with E-state index in [0.717, 1.165) is 31.2 Å². The SMILES string of the molecule is CCC1CCC(CN)(C(O)c2cc(C)ccc2F)C1. The lowest BCUT2D eigenvalue weighted by Crippen LogP contribution is -2.35. The number of hydrogen-bond acceptors (Lipinski definition) is 2. The number of benzene rings is 1. The fraction of sp³-hybridized carbons (Fsp3) is 0.625. The largest absolute Gasteiger partial charge is 0.388 e. The van der Waals surface area contributed by atoms with Crippen LogP contribution >= 0.6 is 0 Å². The number of nitrogens with two attached hydrogens (primary N) is 1. The molecule has 0 bridgehead atoms. The molecule has 2 nitrogen and oxygen atoms in total. The number of aliphatic hydroxyl groups excluding tert-OH is 1. The first-order chi connectivity index (χ1) is 9.02. The van der Waals surface area contributed by atoms with Gasteiger partial charge >= 0.3 is 0 Å². The molecule has 0 amide bonds. The smallest absolute Gasteiger partial charge is 0.129 e. The maximum absolute atomic E-state index is 14.0. The van der Waals surface area contributed by atoms with E-state index in [1.807, 2.05) is 6.92 Å². The van der Waals surface area contributed by atoms with Crippen molar-refractivity contribution in [2.75, 3.05) is 6.54 Å². The number of aliphatic hydroxyl groups is 1. The molecule has 1 aromatic rings. The van der Waals surface area contributed by atoms with Crippen LogP contribution in [0.4, 0.5) is 4.39 Å². The quantitative estimate of drug-likeness (QED) is 0.877. The predicted octanol–water partition coefficient (Wildman–Crippen LogP) is 3.32. The third-order valence-electron chi connectivity index (χ3n) is 4.76. The van der Waals surface area contributed by atoms with Crippen molar-refractivity contribution in [3.63, 3.8) is 0 Å². The predicted molar refractivity (Wildman–Crippen MR) is 75.2 cm³/mol. The van der Waals surface area contributed by atoms with Crippen molar-refractivity contribution in [1.29, 1.82) is 0 Å². The highest BCUT2D eigenvalue weighted by Gasteiger charge is 2.44. The highest BCUT2D eigenvalue weighted by Crippen LogP contribution is 2.50. The minimum atomic E-state index is -0.797. The van der Waals surface area contributed by atoms with Gasteiger partial charge in [0, 0.05) is 17.5 Å². The Morgan fingerprint density at radius 2 is 2.26 bits per heavy atom. The summed E-state index contributed by atoms with van der Waals surface area (Å²) in [4.78, 5) is 0. The van der Waals surface area contributed by atoms with Crippen LogP contribution in [-0.2, 0) is 0 Å². The van der Waals surface area contributed by atoms with Crippen molar-refractivity contribution in [3.8, 4) is 0 Å². The Labute approximate surface area is 114 Å². The Balaban J connectivity index is 2.31. The lowest BCUT2D eigenvalue weighted by Gasteiger charge is -2.34. The Hall–Kier alpha value is -0.930. The zero-order valence-corrected chi connectivity index (χ0v) is 11.8. The van der Waals surface area contributed by atoms with E-state index in [0.29, 0.717) is 18.0 Å². The first-order valence-corrected chi connectivity index (χ1v) is 7.16. The van der Waals surface area contributed by atoms with Crippen LogP contribution in [0.3, 0.4) is 0 Å². The molecule has 1 saturated carbocycles. The summed E-state index contributed by atoms with van der Waals surface area (Å²) < 4.78 is 14.0. The van der Waals surface area contributed by atoms with Crippen molar-refractivity contribution in [3.05, 3.63) is 35.1 Å². The van der Waals surface area contributed by atoms with Gasteiger partial charge < -0.3 is 10.8 Å². The molecule has 3 heteroatoms. The summed E-state index contributed by atoms with van der Waals surface area (Å²) in [5.41, 5.74) is 6.95. The number of hydrogen-bond donors (Lipinski definition) is 2. The monoisotopic (exact) mass is 265 g/mol. The molecule has 0 spiro atoms. The van der Waals surface area contributed by atoms with Crippen molar-refractivity contribution >= 4 is 0 Å². The third kappa shape index (κ3) is 2.67. The average Bonchev–Trinajstić information content (AvgIpc) is 2.85. The van der Waals surface area contributed by atoms with Gasteiger partial charge in [-0.3, -0.25) is 0 Å². The standard InChI is InChI=1S/C16H24FNO/c1-3-12-6-7-16(9-12,10-18)15(19)13-8-11(2)4-5-14(13)17/h4-5,8,12,15,19H,3,6-7,9-10,18H2,1-2H3. The van der Waals surface area contributed by atoms with E-state index in [-0.39, 0.29) is 11.2 Å². The van der Waals surface area contributed by atoms with E-state index in [1.165, 1.54) is 6.07 Å². The van der Waals surface area contributed by atoms with Gasteiger partial charge in [-0.1, -0.05) is 31.0 Å². The second-order valence-corrected chi connectivity index (χ2v) is 6.01. The molecule has 0 saturated heterocycles. The maximum Gasteiger partial charge on any atom is 0.129 e. The first kappa shape index (κ1) is 14.5. The summed E-state index contributed by atoms with van der Waals surface area (Å²) in [7, 11) is 0. The maximum atomic E-state index is 14.0. The molecule has 1 fully saturated rings. The van der Waals surface area contributed by atoms with Crippen molar-refractivity contribution in [2.24, 2.45) is 17.1 Å². The minimum absolute atomic E-state index is 0.328. The molecule has 1 aliphatic rings. The molecule has 0 aromatic heterocycles. The Morgan fingerprint density at radius 3 is 2.84 bits per heavy atom. The van der Waals surface area contributed by atoms with Gasteiger partial charge in [-0.05, 0) is 38.2 Å². The average molecular weight is 265 g/mol. The first-order valence-electron chi connectivity index (χ1n) is 7.16. The highest BCUT2D eigenvalue weighted by atomic mass is 19.1. The van der Waals surface area contributed by atoms with Gasteiger partial charge in [-0.25, -0.2) is 4.39 Å². The number of halogens is 1. The molecule has 106 valence electrons. The minimum Gasteiger partial charge on any atom is -0.388 e. The van der Waals surface area contributed by atoms with Gasteiger partial charge in [0.1, 0.15) is 5.82 Å². The van der Waals surface area contributed by atoms with E-state index in [2.05, 4.69) is 6.92 Å². The fourth-order valence-electron chi connectivity index (χ4n) is 3.37. The van der Waals surface area contributed by atoms with Gasteiger partial charge in [0.2, 0.25) is 0 Å². The third-order valence-corrected chi connectivity index (χ3v) is 4.76. The molecular formula is C16H24FNO. The molecular weight excluding hydrogens is 241 g/mol. The summed E-state index contributed by atoms with van der Waals surface area (Å²) in [5.74, 6) is 0.275. The normalized spacial score (nSPS) is 28.6. The Morgan fingerprint density at radius 1 is 1.53 bits per heavy atom. The zero-order chi connectivity index (χ0) is 14.0. The Kier molecular flexibility index (Phi) is 4.26. The lowest BCUT2D eigenvalue weighted by molar-refractivity contribution is 0.0274. The second kappa shape index (κ2) is 5.59. The van der Waals surface area contributed by atoms with E-state index in [4.69, 9.17) is 5.73 Å². The molecule has 3 atom stereocenters. The molecule has 0 radical (unpaired) electrons. The summed E-state index contributed by atoms with van der Waals surface area (Å²) in [6, 6.07) is 4.91. The second-order valence-electron chi connectivity index (χ2n) is 6.01. The van der Waals surface area contributed by atoms with E-state index in [9.17, 15) is 9.50 Å². The van der Waals surface area contributed by atoms with Gasteiger partial charge in [-0.15, -0.1) is 0 Å². The Bertz CT molecular complexity index is 448. The lowest BCUT2D eigenvalue weighted by atomic mass is 9.76. The van der Waals surface area contributed by atoms with Crippen molar-refractivity contribution in [1.82, 2.24) is 0 Å². The van der Waals surface area contributed by atoms with E-state index >= 15 is 0 Å². The number of rotatable bonds is 4. The summed E-state index contributed by atoms with van der Waals surface area (Å²) in [6.07, 6.45) is 3.17. The van der Waals surface area contributed by atoms with Crippen LogP contribution in [-0.4, -0.2) is 11.7 Å². The van der Waals surface area contributed by atoms with E-state index in [1.54, 1.807) is 12.1 Å². The molecule has 3 N–H and O–H groups in total. The van der Waals surface area contributed by atoms with Crippen LogP contribution in [0.15, 0.2) is 18.2 Å². The van der Waals surface area contributed by atoms with Crippen LogP contribution in [0.5, 0.6) is 0 Å². The topological polar surface area (TPSA) is 46.2 Å². The molecule has 0 heterocycles. The molecule has 1 aliphatic carbocycles. The molecule has 19 heavy (non-hydrogen) atoms. The van der Waals surface area contributed by atoms with Crippen LogP contribution in [0, 0.1) is 24.1 Å². The summed E-state index contributed by atoms with van der Waals surface area (Å²) >= 11 is 0. The zero-order valence-electron chi connectivity index (χ0n) is 11.8. The molecule has 1 aromatic carbocycles. The van der Waals surface area contributed by atoms with Crippen LogP contribution in [0.25, 0.3) is 0 Å². The fourth-order valence-corrected chi connectivity index (χ4v) is 3.37. The van der Waals surface area contributed by atoms with Crippen molar-refractivity contribution in [2.45, 2.75) is 45.6 Å². The number of aryl methyl sites for hydroxylation is 1. The van der Waals surface area contributed by atoms with Crippen LogP contribution in [0.1, 0.15) is 49.8 Å². The van der Waals surface area contributed by atoms with Crippen molar-refractivity contribution < 1.29 is 9.50 Å². The summed E-state index contributed by atoms with van der Waals surface area (Å²) in [5, 5.41) is 10.7. The van der Waals surface area contributed by atoms with Gasteiger partial charge in [0.15, 0.2) is 0 Å². The highest BCUT2D eigenvalue weighted by molar-refractivity contribution is 5.28. The molecule has 2 rings (SSSR count). The van der Waals surface area contributed by atoms with Gasteiger partial charge in [0.25, 0.3) is 0 Å². The van der Waals surface area contributed by atoms with Crippen LogP contribution in [0.2, 0.25) is 0 Å². The van der Waals surface area contributed by atoms with E-state index < -0.39 is 6.10 Å². The van der Waals surface area contributed by atoms with Gasteiger partial charge in [-0.2, -0.15) is 0 Å². The van der Waals surface area contributed by atoms with Crippen LogP contribution < -0.4 is 5.73 Å². The van der Waals surface area contributed by atoms with Gasteiger partial charge in [0.05, 0.1) is 6.10 Å². The molecule has 0 aliphatic heterocycles. The molecule has 3 unspecified atom stereocenters.